The topological polar surface area (TPSA) is 69.2 Å². The first-order chi connectivity index (χ1) is 9.56. The molecule has 0 rings (SSSR count). The Labute approximate surface area is 123 Å². The van der Waals surface area contributed by atoms with E-state index in [9.17, 15) is 14.7 Å². The molecule has 0 saturated carbocycles. The third kappa shape index (κ3) is 13.4. The normalized spacial score (nSPS) is 12.1. The maximum atomic E-state index is 10.7. The summed E-state index contributed by atoms with van der Waals surface area (Å²) in [5, 5.41) is 13.5. The summed E-state index contributed by atoms with van der Waals surface area (Å²) >= 11 is 0. The van der Waals surface area contributed by atoms with Gasteiger partial charge in [0.05, 0.1) is 0 Å². The number of amides is 1. The van der Waals surface area contributed by atoms with Crippen LogP contribution in [-0.2, 0) is 9.59 Å². The van der Waals surface area contributed by atoms with Gasteiger partial charge in [0.15, 0.2) is 0 Å². The van der Waals surface area contributed by atoms with E-state index in [4.69, 9.17) is 0 Å². The van der Waals surface area contributed by atoms with Gasteiger partial charge in [-0.3, -0.25) is 4.79 Å². The fourth-order valence-corrected chi connectivity index (χ4v) is 2.45. The highest BCUT2D eigenvalue weighted by molar-refractivity contribution is 5.72. The van der Waals surface area contributed by atoms with E-state index >= 15 is 0 Å². The number of unbranched alkanes of at least 4 members (excludes halogenated alkanes) is 5. The van der Waals surface area contributed by atoms with Crippen molar-refractivity contribution in [2.75, 3.05) is 6.54 Å². The van der Waals surface area contributed by atoms with Crippen molar-refractivity contribution < 1.29 is 14.7 Å². The number of rotatable bonds is 13. The number of nitrogens with one attached hydrogen (secondary N) is 1. The lowest BCUT2D eigenvalue weighted by Crippen LogP contribution is -2.26. The fourth-order valence-electron chi connectivity index (χ4n) is 2.45. The minimum Gasteiger partial charge on any atom is -0.550 e. The Kier molecular flexibility index (Phi) is 12.3. The first kappa shape index (κ1) is 18.9. The molecule has 118 valence electrons. The second-order valence-corrected chi connectivity index (χ2v) is 5.62. The number of carboxylic acid groups (broad SMARTS) is 1. The highest BCUT2D eigenvalue weighted by Crippen LogP contribution is 2.19. The summed E-state index contributed by atoms with van der Waals surface area (Å²) in [4.78, 5) is 21.5. The van der Waals surface area contributed by atoms with E-state index in [2.05, 4.69) is 12.2 Å². The molecule has 1 N–H and O–H groups in total. The predicted molar refractivity (Wildman–Crippen MR) is 79.0 cm³/mol. The number of carbonyl (C=O) groups is 2. The Morgan fingerprint density at radius 1 is 1.00 bits per heavy atom. The van der Waals surface area contributed by atoms with Crippen LogP contribution in [0.25, 0.3) is 0 Å². The predicted octanol–water partition coefficient (Wildman–Crippen LogP) is 2.41. The monoisotopic (exact) mass is 284 g/mol. The van der Waals surface area contributed by atoms with Gasteiger partial charge in [-0.2, -0.15) is 0 Å². The summed E-state index contributed by atoms with van der Waals surface area (Å²) in [7, 11) is 0. The Balaban J connectivity index is 3.73. The fraction of sp³-hybridized carbons (Fsp3) is 0.875. The zero-order chi connectivity index (χ0) is 15.2. The molecule has 0 saturated heterocycles. The van der Waals surface area contributed by atoms with Gasteiger partial charge < -0.3 is 15.2 Å². The van der Waals surface area contributed by atoms with Gasteiger partial charge in [0.2, 0.25) is 5.91 Å². The molecular formula is C16H30NO3-. The van der Waals surface area contributed by atoms with Gasteiger partial charge in [0.25, 0.3) is 0 Å². The lowest BCUT2D eigenvalue weighted by Gasteiger charge is -2.17. The van der Waals surface area contributed by atoms with Crippen LogP contribution in [0.15, 0.2) is 0 Å². The second-order valence-electron chi connectivity index (χ2n) is 5.62. The van der Waals surface area contributed by atoms with Gasteiger partial charge in [0.1, 0.15) is 0 Å². The Bertz CT molecular complexity index is 266. The van der Waals surface area contributed by atoms with Crippen LogP contribution in [0, 0.1) is 5.92 Å². The van der Waals surface area contributed by atoms with Gasteiger partial charge in [0, 0.05) is 19.4 Å². The number of carboxylic acids is 1. The van der Waals surface area contributed by atoms with Crippen molar-refractivity contribution in [3.05, 3.63) is 0 Å². The van der Waals surface area contributed by atoms with Crippen LogP contribution in [0.5, 0.6) is 0 Å². The molecule has 1 amide bonds. The third-order valence-corrected chi connectivity index (χ3v) is 3.58. The molecular weight excluding hydrogens is 254 g/mol. The van der Waals surface area contributed by atoms with Crippen molar-refractivity contribution in [3.63, 3.8) is 0 Å². The zero-order valence-electron chi connectivity index (χ0n) is 13.1. The lowest BCUT2D eigenvalue weighted by atomic mass is 9.92. The Hall–Kier alpha value is -1.06. The number of hydrogen-bond donors (Lipinski definition) is 1. The van der Waals surface area contributed by atoms with Crippen molar-refractivity contribution in [3.8, 4) is 0 Å². The van der Waals surface area contributed by atoms with Crippen LogP contribution in [0.1, 0.15) is 78.1 Å². The lowest BCUT2D eigenvalue weighted by molar-refractivity contribution is -0.306. The minimum atomic E-state index is -0.958. The van der Waals surface area contributed by atoms with Crippen molar-refractivity contribution in [1.82, 2.24) is 5.32 Å². The van der Waals surface area contributed by atoms with Gasteiger partial charge in [-0.05, 0) is 25.2 Å². The van der Waals surface area contributed by atoms with Gasteiger partial charge >= 0.3 is 0 Å². The molecule has 0 aromatic rings. The molecule has 0 bridgehead atoms. The molecule has 0 heterocycles. The molecule has 0 aliphatic rings. The van der Waals surface area contributed by atoms with E-state index in [-0.39, 0.29) is 18.2 Å². The number of carbonyl (C=O) groups excluding carboxylic acids is 2. The first-order valence-electron chi connectivity index (χ1n) is 8.00. The van der Waals surface area contributed by atoms with Crippen LogP contribution in [0.2, 0.25) is 0 Å². The minimum absolute atomic E-state index is 0.0302. The smallest absolute Gasteiger partial charge is 0.216 e. The summed E-state index contributed by atoms with van der Waals surface area (Å²) in [6.45, 7) is 4.33. The van der Waals surface area contributed by atoms with E-state index < -0.39 is 5.97 Å². The molecule has 0 spiro atoms. The molecule has 0 aliphatic heterocycles. The number of aliphatic carboxylic acids is 1. The molecule has 20 heavy (non-hydrogen) atoms. The number of hydrogen-bond acceptors (Lipinski definition) is 3. The molecule has 0 fully saturated rings. The van der Waals surface area contributed by atoms with Crippen LogP contribution in [-0.4, -0.2) is 18.4 Å². The molecule has 0 aromatic carbocycles. The largest absolute Gasteiger partial charge is 0.550 e. The average molecular weight is 284 g/mol. The van der Waals surface area contributed by atoms with E-state index in [0.717, 1.165) is 25.7 Å². The Morgan fingerprint density at radius 3 is 2.20 bits per heavy atom. The molecule has 1 atom stereocenters. The van der Waals surface area contributed by atoms with Crippen LogP contribution in [0.3, 0.4) is 0 Å². The second kappa shape index (κ2) is 12.9. The van der Waals surface area contributed by atoms with E-state index in [1.54, 1.807) is 0 Å². The van der Waals surface area contributed by atoms with Crippen molar-refractivity contribution in [2.45, 2.75) is 78.1 Å². The third-order valence-electron chi connectivity index (χ3n) is 3.58. The summed E-state index contributed by atoms with van der Waals surface area (Å²) in [6, 6.07) is 0. The maximum absolute atomic E-state index is 10.7. The van der Waals surface area contributed by atoms with E-state index in [1.165, 1.54) is 39.0 Å². The average Bonchev–Trinajstić information content (AvgIpc) is 2.37. The first-order valence-corrected chi connectivity index (χ1v) is 8.00. The molecule has 1 unspecified atom stereocenters. The summed E-state index contributed by atoms with van der Waals surface area (Å²) in [6.07, 6.45) is 10.2. The van der Waals surface area contributed by atoms with Crippen molar-refractivity contribution in [2.24, 2.45) is 5.92 Å². The summed E-state index contributed by atoms with van der Waals surface area (Å²) in [5.74, 6) is -0.794. The van der Waals surface area contributed by atoms with Gasteiger partial charge in [-0.1, -0.05) is 51.9 Å². The van der Waals surface area contributed by atoms with Gasteiger partial charge in [-0.15, -0.1) is 0 Å². The molecule has 4 nitrogen and oxygen atoms in total. The van der Waals surface area contributed by atoms with Crippen LogP contribution < -0.4 is 10.4 Å². The summed E-state index contributed by atoms with van der Waals surface area (Å²) < 4.78 is 0. The highest BCUT2D eigenvalue weighted by atomic mass is 16.4. The molecule has 4 heteroatoms. The van der Waals surface area contributed by atoms with E-state index in [1.807, 2.05) is 0 Å². The van der Waals surface area contributed by atoms with Crippen LogP contribution >= 0.6 is 0 Å². The maximum Gasteiger partial charge on any atom is 0.216 e. The van der Waals surface area contributed by atoms with E-state index in [0.29, 0.717) is 6.54 Å². The quantitative estimate of drug-likeness (QED) is 0.528. The SMILES string of the molecule is CCCCCCCCC(CCCNC(C)=O)CC(=O)[O-]. The molecule has 0 radical (unpaired) electrons. The molecule has 0 aromatic heterocycles. The van der Waals surface area contributed by atoms with Crippen LogP contribution in [0.4, 0.5) is 0 Å². The zero-order valence-corrected chi connectivity index (χ0v) is 13.1. The Morgan fingerprint density at radius 2 is 1.60 bits per heavy atom. The van der Waals surface area contributed by atoms with Gasteiger partial charge in [-0.25, -0.2) is 0 Å². The highest BCUT2D eigenvalue weighted by Gasteiger charge is 2.09. The summed E-state index contributed by atoms with van der Waals surface area (Å²) in [5.41, 5.74) is 0. The van der Waals surface area contributed by atoms with Crippen molar-refractivity contribution >= 4 is 11.9 Å². The van der Waals surface area contributed by atoms with Crippen molar-refractivity contribution in [1.29, 1.82) is 0 Å². The molecule has 0 aliphatic carbocycles. The standard InChI is InChI=1S/C16H31NO3/c1-3-4-5-6-7-8-10-15(13-16(19)20)11-9-12-17-14(2)18/h15H,3-13H2,1-2H3,(H,17,18)(H,19,20)/p-1.